The van der Waals surface area contributed by atoms with E-state index in [1.807, 2.05) is 0 Å². The highest BCUT2D eigenvalue weighted by Crippen LogP contribution is 2.48. The molecule has 1 aliphatic rings. The lowest BCUT2D eigenvalue weighted by atomic mass is 9.90. The molecule has 1 saturated carbocycles. The summed E-state index contributed by atoms with van der Waals surface area (Å²) in [5, 5.41) is 8.87. The fourth-order valence-corrected chi connectivity index (χ4v) is 2.14. The smallest absolute Gasteiger partial charge is 0.338 e. The standard InChI is InChI=1S/C12H14FNO2/c1-7-4-10(13)8(11(15)16)5-9(7)12(6-14)2-3-12/h4-5H,2-3,6,14H2,1H3,(H,15,16). The summed E-state index contributed by atoms with van der Waals surface area (Å²) in [4.78, 5) is 10.8. The topological polar surface area (TPSA) is 63.3 Å². The summed E-state index contributed by atoms with van der Waals surface area (Å²) >= 11 is 0. The van der Waals surface area contributed by atoms with E-state index in [-0.39, 0.29) is 11.0 Å². The third kappa shape index (κ3) is 1.59. The predicted octanol–water partition coefficient (Wildman–Crippen LogP) is 1.82. The van der Waals surface area contributed by atoms with Crippen molar-refractivity contribution in [1.82, 2.24) is 0 Å². The third-order valence-electron chi connectivity index (χ3n) is 3.36. The first-order chi connectivity index (χ1) is 7.50. The zero-order chi connectivity index (χ0) is 11.9. The Hall–Kier alpha value is -1.42. The van der Waals surface area contributed by atoms with Gasteiger partial charge in [0.15, 0.2) is 0 Å². The van der Waals surface area contributed by atoms with Crippen LogP contribution in [0.3, 0.4) is 0 Å². The number of aryl methyl sites for hydroxylation is 1. The highest BCUT2D eigenvalue weighted by Gasteiger charge is 2.44. The summed E-state index contributed by atoms with van der Waals surface area (Å²) in [7, 11) is 0. The Morgan fingerprint density at radius 3 is 2.62 bits per heavy atom. The first-order valence-electron chi connectivity index (χ1n) is 5.24. The van der Waals surface area contributed by atoms with Crippen LogP contribution >= 0.6 is 0 Å². The Morgan fingerprint density at radius 1 is 1.56 bits per heavy atom. The molecule has 0 spiro atoms. The zero-order valence-electron chi connectivity index (χ0n) is 9.09. The number of carboxylic acids is 1. The van der Waals surface area contributed by atoms with Gasteiger partial charge in [0.25, 0.3) is 0 Å². The molecule has 0 unspecified atom stereocenters. The molecule has 86 valence electrons. The molecule has 1 fully saturated rings. The van der Waals surface area contributed by atoms with Gasteiger partial charge in [-0.3, -0.25) is 0 Å². The van der Waals surface area contributed by atoms with Crippen LogP contribution in [0.15, 0.2) is 12.1 Å². The number of hydrogen-bond donors (Lipinski definition) is 2. The fraction of sp³-hybridized carbons (Fsp3) is 0.417. The van der Waals surface area contributed by atoms with Gasteiger partial charge in [0.1, 0.15) is 5.82 Å². The highest BCUT2D eigenvalue weighted by atomic mass is 19.1. The molecule has 0 saturated heterocycles. The minimum absolute atomic E-state index is 0.109. The van der Waals surface area contributed by atoms with Crippen LogP contribution in [-0.2, 0) is 5.41 Å². The number of rotatable bonds is 3. The van der Waals surface area contributed by atoms with Crippen LogP contribution in [0.1, 0.15) is 34.3 Å². The second-order valence-corrected chi connectivity index (χ2v) is 4.44. The van der Waals surface area contributed by atoms with E-state index in [9.17, 15) is 9.18 Å². The molecule has 3 nitrogen and oxygen atoms in total. The quantitative estimate of drug-likeness (QED) is 0.821. The first-order valence-corrected chi connectivity index (χ1v) is 5.24. The minimum atomic E-state index is -1.23. The Morgan fingerprint density at radius 2 is 2.19 bits per heavy atom. The van der Waals surface area contributed by atoms with Crippen LogP contribution in [0, 0.1) is 12.7 Å². The Kier molecular flexibility index (Phi) is 2.46. The second kappa shape index (κ2) is 3.56. The van der Waals surface area contributed by atoms with Gasteiger partial charge in [-0.15, -0.1) is 0 Å². The molecule has 0 aliphatic heterocycles. The molecular formula is C12H14FNO2. The van der Waals surface area contributed by atoms with Crippen molar-refractivity contribution in [1.29, 1.82) is 0 Å². The highest BCUT2D eigenvalue weighted by molar-refractivity contribution is 5.88. The number of nitrogens with two attached hydrogens (primary N) is 1. The van der Waals surface area contributed by atoms with E-state index in [2.05, 4.69) is 0 Å². The van der Waals surface area contributed by atoms with Crippen molar-refractivity contribution in [2.24, 2.45) is 5.73 Å². The lowest BCUT2D eigenvalue weighted by Gasteiger charge is -2.17. The van der Waals surface area contributed by atoms with Crippen molar-refractivity contribution in [3.8, 4) is 0 Å². The average Bonchev–Trinajstić information content (AvgIpc) is 2.98. The van der Waals surface area contributed by atoms with Crippen molar-refractivity contribution >= 4 is 5.97 Å². The predicted molar refractivity (Wildman–Crippen MR) is 58.1 cm³/mol. The summed E-state index contributed by atoms with van der Waals surface area (Å²) < 4.78 is 13.4. The van der Waals surface area contributed by atoms with Crippen molar-refractivity contribution < 1.29 is 14.3 Å². The molecule has 0 radical (unpaired) electrons. The van der Waals surface area contributed by atoms with E-state index < -0.39 is 11.8 Å². The zero-order valence-corrected chi connectivity index (χ0v) is 9.09. The Balaban J connectivity index is 2.54. The summed E-state index contributed by atoms with van der Waals surface area (Å²) in [5.41, 5.74) is 6.99. The van der Waals surface area contributed by atoms with Crippen molar-refractivity contribution in [3.05, 3.63) is 34.6 Å². The maximum Gasteiger partial charge on any atom is 0.338 e. The van der Waals surface area contributed by atoms with Gasteiger partial charge in [-0.2, -0.15) is 0 Å². The molecule has 0 bridgehead atoms. The van der Waals surface area contributed by atoms with Crippen molar-refractivity contribution in [3.63, 3.8) is 0 Å². The Labute approximate surface area is 93.1 Å². The molecular weight excluding hydrogens is 209 g/mol. The van der Waals surface area contributed by atoms with Gasteiger partial charge in [-0.1, -0.05) is 0 Å². The largest absolute Gasteiger partial charge is 0.478 e. The van der Waals surface area contributed by atoms with Gasteiger partial charge in [-0.25, -0.2) is 9.18 Å². The van der Waals surface area contributed by atoms with Crippen LogP contribution in [0.2, 0.25) is 0 Å². The van der Waals surface area contributed by atoms with Gasteiger partial charge in [-0.05, 0) is 43.0 Å². The molecule has 2 rings (SSSR count). The monoisotopic (exact) mass is 223 g/mol. The van der Waals surface area contributed by atoms with Crippen LogP contribution in [-0.4, -0.2) is 17.6 Å². The molecule has 1 aliphatic carbocycles. The van der Waals surface area contributed by atoms with E-state index >= 15 is 0 Å². The molecule has 16 heavy (non-hydrogen) atoms. The number of halogens is 1. The van der Waals surface area contributed by atoms with Gasteiger partial charge in [0, 0.05) is 12.0 Å². The normalized spacial score (nSPS) is 17.2. The molecule has 4 heteroatoms. The van der Waals surface area contributed by atoms with E-state index in [0.717, 1.165) is 24.0 Å². The van der Waals surface area contributed by atoms with E-state index in [4.69, 9.17) is 10.8 Å². The molecule has 3 N–H and O–H groups in total. The number of benzene rings is 1. The minimum Gasteiger partial charge on any atom is -0.478 e. The van der Waals surface area contributed by atoms with Crippen LogP contribution in [0.4, 0.5) is 4.39 Å². The number of hydrogen-bond acceptors (Lipinski definition) is 2. The summed E-state index contributed by atoms with van der Waals surface area (Å²) in [6.45, 7) is 2.28. The van der Waals surface area contributed by atoms with Crippen LogP contribution in [0.5, 0.6) is 0 Å². The third-order valence-corrected chi connectivity index (χ3v) is 3.36. The van der Waals surface area contributed by atoms with Gasteiger partial charge in [0.2, 0.25) is 0 Å². The van der Waals surface area contributed by atoms with Gasteiger partial charge in [0.05, 0.1) is 5.56 Å². The number of carbonyl (C=O) groups is 1. The van der Waals surface area contributed by atoms with Crippen LogP contribution in [0.25, 0.3) is 0 Å². The number of carboxylic acid groups (broad SMARTS) is 1. The maximum absolute atomic E-state index is 13.4. The lowest BCUT2D eigenvalue weighted by molar-refractivity contribution is 0.0691. The van der Waals surface area contributed by atoms with E-state index in [1.165, 1.54) is 12.1 Å². The molecule has 0 atom stereocenters. The molecule has 1 aromatic carbocycles. The average molecular weight is 223 g/mol. The molecule has 0 heterocycles. The van der Waals surface area contributed by atoms with Crippen LogP contribution < -0.4 is 5.73 Å². The van der Waals surface area contributed by atoms with E-state index in [0.29, 0.717) is 6.54 Å². The van der Waals surface area contributed by atoms with Gasteiger partial charge < -0.3 is 10.8 Å². The van der Waals surface area contributed by atoms with Crippen molar-refractivity contribution in [2.75, 3.05) is 6.54 Å². The fourth-order valence-electron chi connectivity index (χ4n) is 2.14. The van der Waals surface area contributed by atoms with Gasteiger partial charge >= 0.3 is 5.97 Å². The summed E-state index contributed by atoms with van der Waals surface area (Å²) in [6.07, 6.45) is 1.91. The second-order valence-electron chi connectivity index (χ2n) is 4.44. The SMILES string of the molecule is Cc1cc(F)c(C(=O)O)cc1C1(CN)CC1. The lowest BCUT2D eigenvalue weighted by Crippen LogP contribution is -2.21. The first kappa shape index (κ1) is 11.1. The molecule has 0 amide bonds. The molecule has 0 aromatic heterocycles. The Bertz CT molecular complexity index is 453. The summed E-state index contributed by atoms with van der Waals surface area (Å²) in [5.74, 6) is -1.91. The summed E-state index contributed by atoms with van der Waals surface area (Å²) in [6, 6.07) is 2.72. The number of aromatic carboxylic acids is 1. The molecule has 1 aromatic rings. The van der Waals surface area contributed by atoms with E-state index in [1.54, 1.807) is 6.92 Å². The van der Waals surface area contributed by atoms with Crippen molar-refractivity contribution in [2.45, 2.75) is 25.2 Å². The maximum atomic E-state index is 13.4.